The third kappa shape index (κ3) is 5.25. The average Bonchev–Trinajstić information content (AvgIpc) is 3.35. The van der Waals surface area contributed by atoms with Gasteiger partial charge in [-0.15, -0.1) is 0 Å². The quantitative estimate of drug-likeness (QED) is 0.221. The second-order valence-corrected chi connectivity index (χ2v) is 13.4. The fourth-order valence-electron chi connectivity index (χ4n) is 4.19. The number of aromatic amines is 1. The molecule has 5 aromatic rings. The van der Waals surface area contributed by atoms with Crippen LogP contribution >= 0.6 is 15.9 Å². The number of hydrogen-bond donors (Lipinski definition) is 2. The number of aromatic nitrogens is 1. The molecule has 2 N–H and O–H groups in total. The number of H-pyrrole nitrogens is 1. The van der Waals surface area contributed by atoms with Gasteiger partial charge in [0.05, 0.1) is 21.7 Å². The van der Waals surface area contributed by atoms with Crippen molar-refractivity contribution in [2.75, 3.05) is 9.03 Å². The summed E-state index contributed by atoms with van der Waals surface area (Å²) in [5, 5.41) is 3.45. The molecule has 0 aliphatic heterocycles. The predicted molar refractivity (Wildman–Crippen MR) is 154 cm³/mol. The molecule has 12 heteroatoms. The molecule has 1 amide bonds. The summed E-state index contributed by atoms with van der Waals surface area (Å²) in [7, 11) is -9.63. The van der Waals surface area contributed by atoms with E-state index in [0.29, 0.717) is 5.56 Å². The first-order valence-corrected chi connectivity index (χ1v) is 15.5. The Labute approximate surface area is 238 Å². The Hall–Kier alpha value is -4.00. The molecule has 5 rings (SSSR count). The second kappa shape index (κ2) is 10.9. The van der Waals surface area contributed by atoms with Crippen LogP contribution in [-0.2, 0) is 31.3 Å². The van der Waals surface area contributed by atoms with Crippen LogP contribution in [0.15, 0.2) is 118 Å². The van der Waals surface area contributed by atoms with Crippen LogP contribution in [0, 0.1) is 5.82 Å². The second-order valence-electron chi connectivity index (χ2n) is 8.70. The maximum absolute atomic E-state index is 15.3. The minimum Gasteiger partial charge on any atom is -0.360 e. The molecule has 0 unspecified atom stereocenters. The van der Waals surface area contributed by atoms with Crippen LogP contribution in [-0.4, -0.2) is 27.7 Å². The number of para-hydroxylation sites is 1. The molecule has 0 aliphatic carbocycles. The molecule has 0 fully saturated rings. The lowest BCUT2D eigenvalue weighted by atomic mass is 10.1. The van der Waals surface area contributed by atoms with Crippen LogP contribution < -0.4 is 9.03 Å². The van der Waals surface area contributed by atoms with Crippen molar-refractivity contribution in [3.05, 3.63) is 119 Å². The summed E-state index contributed by atoms with van der Waals surface area (Å²) >= 11 is 3.45. The number of carbonyl (C=O) groups is 1. The van der Waals surface area contributed by atoms with Crippen LogP contribution in [0.2, 0.25) is 0 Å². The van der Waals surface area contributed by atoms with Crippen molar-refractivity contribution >= 4 is 64.2 Å². The number of nitrogens with one attached hydrogen (secondary N) is 2. The molecule has 0 saturated carbocycles. The first-order valence-electron chi connectivity index (χ1n) is 11.8. The molecular weight excluding hydrogens is 621 g/mol. The summed E-state index contributed by atoms with van der Waals surface area (Å²) in [4.78, 5) is 15.3. The molecular formula is C28H21BrFN3O5S2. The lowest BCUT2D eigenvalue weighted by molar-refractivity contribution is -0.115. The molecule has 204 valence electrons. The molecule has 0 aliphatic rings. The number of carbonyl (C=O) groups excluding carboxylic acids is 1. The number of benzene rings is 4. The molecule has 0 bridgehead atoms. The Bertz CT molecular complexity index is 1860. The number of rotatable bonds is 8. The normalized spacial score (nSPS) is 11.8. The van der Waals surface area contributed by atoms with E-state index < -0.39 is 37.5 Å². The van der Waals surface area contributed by atoms with E-state index in [1.807, 2.05) is 18.2 Å². The van der Waals surface area contributed by atoms with E-state index in [1.165, 1.54) is 54.6 Å². The number of fused-ring (bicyclic) bond motifs is 1. The zero-order valence-electron chi connectivity index (χ0n) is 20.6. The highest BCUT2D eigenvalue weighted by atomic mass is 79.9. The van der Waals surface area contributed by atoms with Gasteiger partial charge in [-0.1, -0.05) is 48.5 Å². The monoisotopic (exact) mass is 641 g/mol. The van der Waals surface area contributed by atoms with E-state index in [0.717, 1.165) is 27.5 Å². The highest BCUT2D eigenvalue weighted by molar-refractivity contribution is 9.10. The molecule has 40 heavy (non-hydrogen) atoms. The van der Waals surface area contributed by atoms with E-state index in [-0.39, 0.29) is 25.6 Å². The molecule has 1 heterocycles. The highest BCUT2D eigenvalue weighted by Gasteiger charge is 2.38. The topological polar surface area (TPSA) is 116 Å². The first kappa shape index (κ1) is 27.6. The molecule has 0 radical (unpaired) electrons. The third-order valence-corrected chi connectivity index (χ3v) is 10.9. The number of nitrogens with zero attached hydrogens (tertiary/aromatic N) is 1. The summed E-state index contributed by atoms with van der Waals surface area (Å²) < 4.78 is 70.9. The van der Waals surface area contributed by atoms with Crippen molar-refractivity contribution in [1.82, 2.24) is 4.98 Å². The maximum atomic E-state index is 15.3. The SMILES string of the molecule is O=C(Cc1c[nH]c2c(Br)cccc12)Nc1ccc(F)c(N(S(=O)(=O)c2ccccc2)S(=O)(=O)c2ccccc2)c1. The summed E-state index contributed by atoms with van der Waals surface area (Å²) in [6.07, 6.45) is 1.66. The van der Waals surface area contributed by atoms with Crippen LogP contribution in [0.1, 0.15) is 5.56 Å². The van der Waals surface area contributed by atoms with Crippen LogP contribution in [0.25, 0.3) is 10.9 Å². The highest BCUT2D eigenvalue weighted by Crippen LogP contribution is 2.34. The molecule has 0 saturated heterocycles. The fraction of sp³-hybridized carbons (Fsp3) is 0.0357. The fourth-order valence-corrected chi connectivity index (χ4v) is 8.41. The van der Waals surface area contributed by atoms with Crippen molar-refractivity contribution in [2.45, 2.75) is 16.2 Å². The van der Waals surface area contributed by atoms with Gasteiger partial charge in [-0.05, 0) is 70.0 Å². The molecule has 8 nitrogen and oxygen atoms in total. The van der Waals surface area contributed by atoms with Crippen molar-refractivity contribution in [3.63, 3.8) is 0 Å². The van der Waals surface area contributed by atoms with Gasteiger partial charge in [0.1, 0.15) is 11.5 Å². The molecule has 1 aromatic heterocycles. The minimum atomic E-state index is -4.81. The standard InChI is InChI=1S/C28H21BrFN3O5S2/c29-24-13-7-12-23-19(18-31-28(23)24)16-27(34)32-20-14-15-25(30)26(17-20)33(39(35,36)21-8-3-1-4-9-21)40(37,38)22-10-5-2-6-11-22/h1-15,17-18,31H,16H2,(H,32,34). The molecule has 0 atom stereocenters. The van der Waals surface area contributed by atoms with Crippen molar-refractivity contribution in [1.29, 1.82) is 0 Å². The molecule has 0 spiro atoms. The number of hydrogen-bond acceptors (Lipinski definition) is 5. The maximum Gasteiger partial charge on any atom is 0.277 e. The van der Waals surface area contributed by atoms with Crippen LogP contribution in [0.3, 0.4) is 0 Å². The van der Waals surface area contributed by atoms with E-state index in [9.17, 15) is 21.6 Å². The van der Waals surface area contributed by atoms with Gasteiger partial charge in [0.15, 0.2) is 0 Å². The Balaban J connectivity index is 1.54. The summed E-state index contributed by atoms with van der Waals surface area (Å²) in [5.74, 6) is -1.58. The summed E-state index contributed by atoms with van der Waals surface area (Å²) in [5.41, 5.74) is 0.777. The van der Waals surface area contributed by atoms with Crippen molar-refractivity contribution in [2.24, 2.45) is 0 Å². The van der Waals surface area contributed by atoms with E-state index in [4.69, 9.17) is 0 Å². The predicted octanol–water partition coefficient (Wildman–Crippen LogP) is 5.83. The zero-order valence-corrected chi connectivity index (χ0v) is 23.8. The smallest absolute Gasteiger partial charge is 0.277 e. The number of amides is 1. The lowest BCUT2D eigenvalue weighted by Crippen LogP contribution is -2.37. The van der Waals surface area contributed by atoms with Gasteiger partial charge in [-0.25, -0.2) is 21.2 Å². The van der Waals surface area contributed by atoms with Crippen molar-refractivity contribution in [3.8, 4) is 0 Å². The summed E-state index contributed by atoms with van der Waals surface area (Å²) in [6.45, 7) is 0. The number of halogens is 2. The van der Waals surface area contributed by atoms with Gasteiger partial charge < -0.3 is 10.3 Å². The lowest BCUT2D eigenvalue weighted by Gasteiger charge is -2.25. The Morgan fingerprint density at radius 2 is 1.43 bits per heavy atom. The van der Waals surface area contributed by atoms with Gasteiger partial charge in [0, 0.05) is 21.7 Å². The zero-order chi connectivity index (χ0) is 28.5. The van der Waals surface area contributed by atoms with Gasteiger partial charge in [-0.3, -0.25) is 4.79 Å². The minimum absolute atomic E-state index is 0.0129. The van der Waals surface area contributed by atoms with Gasteiger partial charge in [-0.2, -0.15) is 3.71 Å². The number of sulfonamides is 2. The van der Waals surface area contributed by atoms with E-state index in [1.54, 1.807) is 18.3 Å². The molecule has 4 aromatic carbocycles. The van der Waals surface area contributed by atoms with Crippen LogP contribution in [0.5, 0.6) is 0 Å². The Morgan fingerprint density at radius 1 is 0.825 bits per heavy atom. The average molecular weight is 643 g/mol. The third-order valence-electron chi connectivity index (χ3n) is 6.05. The summed E-state index contributed by atoms with van der Waals surface area (Å²) in [6, 6.07) is 22.4. The number of anilines is 2. The van der Waals surface area contributed by atoms with Crippen molar-refractivity contribution < 1.29 is 26.0 Å². The van der Waals surface area contributed by atoms with E-state index >= 15 is 4.39 Å². The Kier molecular flexibility index (Phi) is 7.49. The van der Waals surface area contributed by atoms with Gasteiger partial charge in [0.25, 0.3) is 20.0 Å². The Morgan fingerprint density at radius 3 is 2.02 bits per heavy atom. The largest absolute Gasteiger partial charge is 0.360 e. The van der Waals surface area contributed by atoms with E-state index in [2.05, 4.69) is 26.2 Å². The first-order chi connectivity index (χ1) is 19.1. The van der Waals surface area contributed by atoms with Crippen LogP contribution in [0.4, 0.5) is 15.8 Å². The van der Waals surface area contributed by atoms with Gasteiger partial charge in [0.2, 0.25) is 5.91 Å². The van der Waals surface area contributed by atoms with Gasteiger partial charge >= 0.3 is 0 Å².